The molecule has 0 radical (unpaired) electrons. The van der Waals surface area contributed by atoms with Crippen molar-refractivity contribution in [2.24, 2.45) is 5.73 Å². The Morgan fingerprint density at radius 2 is 2.06 bits per heavy atom. The average molecular weight is 223 g/mol. The number of methoxy groups -OCH3 is 1. The van der Waals surface area contributed by atoms with E-state index in [1.165, 1.54) is 5.56 Å². The minimum Gasteiger partial charge on any atom is -0.496 e. The van der Waals surface area contributed by atoms with Gasteiger partial charge in [0.05, 0.1) is 7.11 Å². The number of ether oxygens (including phenoxy) is 1. The van der Waals surface area contributed by atoms with Crippen LogP contribution in [0.4, 0.5) is 0 Å². The summed E-state index contributed by atoms with van der Waals surface area (Å²) in [6, 6.07) is 4.22. The van der Waals surface area contributed by atoms with Crippen LogP contribution in [0.3, 0.4) is 0 Å². The second-order valence-corrected chi connectivity index (χ2v) is 4.25. The van der Waals surface area contributed by atoms with Gasteiger partial charge in [-0.15, -0.1) is 0 Å². The zero-order valence-corrected chi connectivity index (χ0v) is 10.3. The number of aryl methyl sites for hydroxylation is 1. The highest BCUT2D eigenvalue weighted by molar-refractivity contribution is 5.42. The SMILES string of the molecule is COc1cc(C)c(CCO)cc1CC(C)N. The van der Waals surface area contributed by atoms with Crippen LogP contribution in [0.1, 0.15) is 23.6 Å². The molecule has 0 aliphatic heterocycles. The Hall–Kier alpha value is -1.06. The Balaban J connectivity index is 3.07. The summed E-state index contributed by atoms with van der Waals surface area (Å²) in [6.45, 7) is 4.18. The van der Waals surface area contributed by atoms with E-state index in [0.29, 0.717) is 6.42 Å². The molecular weight excluding hydrogens is 202 g/mol. The van der Waals surface area contributed by atoms with Crippen molar-refractivity contribution in [2.45, 2.75) is 32.7 Å². The largest absolute Gasteiger partial charge is 0.496 e. The van der Waals surface area contributed by atoms with E-state index in [1.807, 2.05) is 19.9 Å². The molecule has 0 heterocycles. The zero-order valence-electron chi connectivity index (χ0n) is 10.3. The van der Waals surface area contributed by atoms with Crippen LogP contribution in [0.5, 0.6) is 5.75 Å². The molecule has 0 bridgehead atoms. The summed E-state index contributed by atoms with van der Waals surface area (Å²) in [5.74, 6) is 0.886. The van der Waals surface area contributed by atoms with Gasteiger partial charge in [-0.1, -0.05) is 6.07 Å². The van der Waals surface area contributed by atoms with Crippen molar-refractivity contribution >= 4 is 0 Å². The van der Waals surface area contributed by atoms with Gasteiger partial charge >= 0.3 is 0 Å². The van der Waals surface area contributed by atoms with Crippen molar-refractivity contribution in [3.63, 3.8) is 0 Å². The van der Waals surface area contributed by atoms with Crippen molar-refractivity contribution in [3.8, 4) is 5.75 Å². The van der Waals surface area contributed by atoms with Crippen molar-refractivity contribution in [1.29, 1.82) is 0 Å². The van der Waals surface area contributed by atoms with E-state index in [4.69, 9.17) is 15.6 Å². The predicted molar refractivity (Wildman–Crippen MR) is 65.9 cm³/mol. The molecule has 1 aromatic rings. The Bertz CT molecular complexity index is 348. The first-order valence-electron chi connectivity index (χ1n) is 5.61. The molecule has 0 saturated heterocycles. The van der Waals surface area contributed by atoms with E-state index >= 15 is 0 Å². The lowest BCUT2D eigenvalue weighted by molar-refractivity contribution is 0.299. The van der Waals surface area contributed by atoms with Gasteiger partial charge in [0.25, 0.3) is 0 Å². The lowest BCUT2D eigenvalue weighted by Crippen LogP contribution is -2.18. The summed E-state index contributed by atoms with van der Waals surface area (Å²) in [7, 11) is 1.67. The van der Waals surface area contributed by atoms with Crippen molar-refractivity contribution in [2.75, 3.05) is 13.7 Å². The quantitative estimate of drug-likeness (QED) is 0.794. The maximum Gasteiger partial charge on any atom is 0.122 e. The molecule has 0 amide bonds. The van der Waals surface area contributed by atoms with Crippen LogP contribution in [-0.4, -0.2) is 24.9 Å². The normalized spacial score (nSPS) is 12.6. The molecule has 0 spiro atoms. The highest BCUT2D eigenvalue weighted by Crippen LogP contribution is 2.24. The molecule has 90 valence electrons. The van der Waals surface area contributed by atoms with E-state index in [0.717, 1.165) is 23.3 Å². The average Bonchev–Trinajstić information content (AvgIpc) is 2.22. The third-order valence-electron chi connectivity index (χ3n) is 2.66. The Kier molecular flexibility index (Phi) is 4.77. The lowest BCUT2D eigenvalue weighted by Gasteiger charge is -2.14. The molecule has 1 atom stereocenters. The maximum absolute atomic E-state index is 8.99. The first-order chi connectivity index (χ1) is 7.58. The number of aliphatic hydroxyl groups excluding tert-OH is 1. The molecule has 0 aromatic heterocycles. The van der Waals surface area contributed by atoms with Crippen LogP contribution in [0.25, 0.3) is 0 Å². The van der Waals surface area contributed by atoms with Crippen LogP contribution in [-0.2, 0) is 12.8 Å². The fourth-order valence-electron chi connectivity index (χ4n) is 1.86. The predicted octanol–water partition coefficient (Wildman–Crippen LogP) is 1.43. The first-order valence-corrected chi connectivity index (χ1v) is 5.61. The van der Waals surface area contributed by atoms with Gasteiger partial charge in [-0.2, -0.15) is 0 Å². The second-order valence-electron chi connectivity index (χ2n) is 4.25. The highest BCUT2D eigenvalue weighted by Gasteiger charge is 2.09. The molecule has 3 N–H and O–H groups in total. The summed E-state index contributed by atoms with van der Waals surface area (Å²) in [4.78, 5) is 0. The molecule has 1 unspecified atom stereocenters. The van der Waals surface area contributed by atoms with Gasteiger partial charge in [0, 0.05) is 12.6 Å². The second kappa shape index (κ2) is 5.87. The number of hydrogen-bond donors (Lipinski definition) is 2. The van der Waals surface area contributed by atoms with Gasteiger partial charge in [-0.25, -0.2) is 0 Å². The molecule has 3 nitrogen and oxygen atoms in total. The van der Waals surface area contributed by atoms with Crippen molar-refractivity contribution < 1.29 is 9.84 Å². The summed E-state index contributed by atoms with van der Waals surface area (Å²) in [5, 5.41) is 8.99. The van der Waals surface area contributed by atoms with E-state index in [9.17, 15) is 0 Å². The molecule has 0 aliphatic carbocycles. The highest BCUT2D eigenvalue weighted by atomic mass is 16.5. The summed E-state index contributed by atoms with van der Waals surface area (Å²) in [6.07, 6.45) is 1.48. The molecular formula is C13H21NO2. The van der Waals surface area contributed by atoms with Crippen LogP contribution in [0, 0.1) is 6.92 Å². The molecule has 0 saturated carbocycles. The Labute approximate surface area is 97.2 Å². The van der Waals surface area contributed by atoms with Gasteiger partial charge in [0.15, 0.2) is 0 Å². The van der Waals surface area contributed by atoms with Gasteiger partial charge in [-0.3, -0.25) is 0 Å². The van der Waals surface area contributed by atoms with Crippen LogP contribution in [0.2, 0.25) is 0 Å². The lowest BCUT2D eigenvalue weighted by atomic mass is 9.98. The van der Waals surface area contributed by atoms with Crippen LogP contribution >= 0.6 is 0 Å². The fraction of sp³-hybridized carbons (Fsp3) is 0.538. The number of hydrogen-bond acceptors (Lipinski definition) is 3. The van der Waals surface area contributed by atoms with Crippen molar-refractivity contribution in [1.82, 2.24) is 0 Å². The van der Waals surface area contributed by atoms with Gasteiger partial charge < -0.3 is 15.6 Å². The smallest absolute Gasteiger partial charge is 0.122 e. The van der Waals surface area contributed by atoms with Crippen molar-refractivity contribution in [3.05, 3.63) is 28.8 Å². The van der Waals surface area contributed by atoms with Gasteiger partial charge in [0.1, 0.15) is 5.75 Å². The van der Waals surface area contributed by atoms with Crippen LogP contribution in [0.15, 0.2) is 12.1 Å². The monoisotopic (exact) mass is 223 g/mol. The minimum absolute atomic E-state index is 0.110. The minimum atomic E-state index is 0.110. The number of nitrogens with two attached hydrogens (primary N) is 1. The molecule has 0 aliphatic rings. The standard InChI is InChI=1S/C13H21NO2/c1-9-6-13(16-3)12(7-10(2)14)8-11(9)4-5-15/h6,8,10,15H,4-5,7,14H2,1-3H3. The third kappa shape index (κ3) is 3.22. The molecule has 1 aromatic carbocycles. The Morgan fingerprint density at radius 1 is 1.38 bits per heavy atom. The topological polar surface area (TPSA) is 55.5 Å². The first kappa shape index (κ1) is 13.0. The van der Waals surface area contributed by atoms with E-state index in [2.05, 4.69) is 6.07 Å². The zero-order chi connectivity index (χ0) is 12.1. The summed E-state index contributed by atoms with van der Waals surface area (Å²) < 4.78 is 5.34. The van der Waals surface area contributed by atoms with Gasteiger partial charge in [0.2, 0.25) is 0 Å². The third-order valence-corrected chi connectivity index (χ3v) is 2.66. The molecule has 16 heavy (non-hydrogen) atoms. The number of rotatable bonds is 5. The number of benzene rings is 1. The molecule has 3 heteroatoms. The summed E-state index contributed by atoms with van der Waals surface area (Å²) >= 11 is 0. The molecule has 0 fully saturated rings. The number of aliphatic hydroxyl groups is 1. The summed E-state index contributed by atoms with van der Waals surface area (Å²) in [5.41, 5.74) is 9.24. The van der Waals surface area contributed by atoms with E-state index < -0.39 is 0 Å². The van der Waals surface area contributed by atoms with E-state index in [1.54, 1.807) is 7.11 Å². The molecule has 1 rings (SSSR count). The fourth-order valence-corrected chi connectivity index (χ4v) is 1.86. The van der Waals surface area contributed by atoms with Gasteiger partial charge in [-0.05, 0) is 49.4 Å². The maximum atomic E-state index is 8.99. The Morgan fingerprint density at radius 3 is 2.56 bits per heavy atom. The van der Waals surface area contributed by atoms with E-state index in [-0.39, 0.29) is 12.6 Å². The van der Waals surface area contributed by atoms with Crippen LogP contribution < -0.4 is 10.5 Å².